The summed E-state index contributed by atoms with van der Waals surface area (Å²) in [5, 5.41) is 8.46. The Morgan fingerprint density at radius 1 is 0.895 bits per heavy atom. The molecule has 2 amide bonds. The average Bonchev–Trinajstić information content (AvgIpc) is 3.63. The van der Waals surface area contributed by atoms with Crippen LogP contribution >= 0.6 is 46.3 Å². The van der Waals surface area contributed by atoms with Gasteiger partial charge in [-0.1, -0.05) is 59.6 Å². The number of carbonyl (C=O) groups is 2. The quantitative estimate of drug-likeness (QED) is 0.180. The van der Waals surface area contributed by atoms with Crippen LogP contribution in [0.25, 0.3) is 11.3 Å². The fourth-order valence-corrected chi connectivity index (χ4v) is 5.59. The average molecular weight is 581 g/mol. The second kappa shape index (κ2) is 11.9. The number of nitrogens with zero attached hydrogens (tertiary/aromatic N) is 1. The van der Waals surface area contributed by atoms with Crippen LogP contribution in [0.3, 0.4) is 0 Å². The zero-order valence-electron chi connectivity index (χ0n) is 19.6. The lowest BCUT2D eigenvalue weighted by atomic mass is 10.1. The third-order valence-corrected chi connectivity index (χ3v) is 8.16. The molecule has 0 saturated carbocycles. The maximum Gasteiger partial charge on any atom is 0.291 e. The normalized spacial score (nSPS) is 11.6. The first kappa shape index (κ1) is 26.1. The molecule has 3 aromatic carbocycles. The van der Waals surface area contributed by atoms with Crippen molar-refractivity contribution < 1.29 is 14.0 Å². The second-order valence-electron chi connectivity index (χ2n) is 8.02. The van der Waals surface area contributed by atoms with Crippen LogP contribution in [0.1, 0.15) is 21.4 Å². The summed E-state index contributed by atoms with van der Waals surface area (Å²) in [5.41, 5.74) is 2.98. The van der Waals surface area contributed by atoms with Gasteiger partial charge in [0.05, 0.1) is 22.0 Å². The first-order chi connectivity index (χ1) is 18.5. The molecule has 0 bridgehead atoms. The minimum absolute atomic E-state index is 0.202. The van der Waals surface area contributed by atoms with Crippen molar-refractivity contribution in [3.8, 4) is 11.3 Å². The number of nitrogens with one attached hydrogen (secondary N) is 2. The van der Waals surface area contributed by atoms with E-state index in [1.54, 1.807) is 36.4 Å². The number of hydrogen-bond acceptors (Lipinski definition) is 6. The minimum atomic E-state index is -0.530. The monoisotopic (exact) mass is 579 g/mol. The topological polar surface area (TPSA) is 84.2 Å². The first-order valence-corrected chi connectivity index (χ1v) is 13.9. The second-order valence-corrected chi connectivity index (χ2v) is 10.9. The Morgan fingerprint density at radius 2 is 1.68 bits per heavy atom. The lowest BCUT2D eigenvalue weighted by molar-refractivity contribution is -0.115. The van der Waals surface area contributed by atoms with E-state index in [0.29, 0.717) is 26.6 Å². The molecule has 0 radical (unpaired) electrons. The van der Waals surface area contributed by atoms with E-state index in [9.17, 15) is 9.59 Å². The minimum Gasteiger partial charge on any atom is -0.459 e. The summed E-state index contributed by atoms with van der Waals surface area (Å²) in [6.07, 6.45) is 1.45. The van der Waals surface area contributed by atoms with Gasteiger partial charge < -0.3 is 15.1 Å². The van der Waals surface area contributed by atoms with E-state index in [2.05, 4.69) is 15.6 Å². The molecule has 5 rings (SSSR count). The SMILES string of the molecule is O=C(Nc1ccc(SC(C(=O)Nc2nc(-c3ccc(Cl)c(Cl)c3)cs2)c2ccccc2)cc1)c1ccco1. The van der Waals surface area contributed by atoms with Crippen LogP contribution in [0.15, 0.2) is 106 Å². The van der Waals surface area contributed by atoms with Crippen molar-refractivity contribution in [1.82, 2.24) is 4.98 Å². The lowest BCUT2D eigenvalue weighted by Gasteiger charge is -2.16. The van der Waals surface area contributed by atoms with Crippen molar-refractivity contribution in [1.29, 1.82) is 0 Å². The van der Waals surface area contributed by atoms with Crippen LogP contribution in [0.2, 0.25) is 10.0 Å². The Balaban J connectivity index is 1.30. The molecular weight excluding hydrogens is 561 g/mol. The number of anilines is 2. The highest BCUT2D eigenvalue weighted by atomic mass is 35.5. The number of carbonyl (C=O) groups excluding carboxylic acids is 2. The number of aromatic nitrogens is 1. The van der Waals surface area contributed by atoms with Crippen molar-refractivity contribution in [2.24, 2.45) is 0 Å². The number of halogens is 2. The van der Waals surface area contributed by atoms with Gasteiger partial charge in [-0.15, -0.1) is 23.1 Å². The van der Waals surface area contributed by atoms with Crippen molar-refractivity contribution in [2.45, 2.75) is 10.1 Å². The Morgan fingerprint density at radius 3 is 2.39 bits per heavy atom. The number of thiazole rings is 1. The zero-order chi connectivity index (χ0) is 26.5. The lowest BCUT2D eigenvalue weighted by Crippen LogP contribution is -2.19. The zero-order valence-corrected chi connectivity index (χ0v) is 22.7. The van der Waals surface area contributed by atoms with Gasteiger partial charge in [0.2, 0.25) is 5.91 Å². The summed E-state index contributed by atoms with van der Waals surface area (Å²) in [6, 6.07) is 25.4. The van der Waals surface area contributed by atoms with E-state index in [4.69, 9.17) is 27.6 Å². The Hall–Kier alpha value is -3.56. The highest BCUT2D eigenvalue weighted by Gasteiger charge is 2.23. The number of benzene rings is 3. The molecule has 0 aliphatic heterocycles. The fourth-order valence-electron chi connectivity index (χ4n) is 3.54. The van der Waals surface area contributed by atoms with Crippen molar-refractivity contribution in [3.05, 3.63) is 118 Å². The summed E-state index contributed by atoms with van der Waals surface area (Å²) in [5.74, 6) is -0.305. The standard InChI is InChI=1S/C28H19Cl2N3O3S2/c29-21-13-8-18(15-22(21)30)23-16-37-28(32-23)33-27(35)25(17-5-2-1-3-6-17)38-20-11-9-19(10-12-20)31-26(34)24-7-4-14-36-24/h1-16,25H,(H,31,34)(H,32,33,35). The van der Waals surface area contributed by atoms with Gasteiger partial charge >= 0.3 is 0 Å². The Kier molecular flexibility index (Phi) is 8.14. The summed E-state index contributed by atoms with van der Waals surface area (Å²) in [6.45, 7) is 0. The summed E-state index contributed by atoms with van der Waals surface area (Å²) in [7, 11) is 0. The van der Waals surface area contributed by atoms with Crippen LogP contribution in [0.5, 0.6) is 0 Å². The van der Waals surface area contributed by atoms with Crippen LogP contribution < -0.4 is 10.6 Å². The van der Waals surface area contributed by atoms with E-state index in [1.165, 1.54) is 29.4 Å². The number of thioether (sulfide) groups is 1. The van der Waals surface area contributed by atoms with E-state index in [-0.39, 0.29) is 17.6 Å². The maximum atomic E-state index is 13.4. The highest BCUT2D eigenvalue weighted by molar-refractivity contribution is 8.00. The van der Waals surface area contributed by atoms with Gasteiger partial charge in [0.15, 0.2) is 10.9 Å². The molecular formula is C28H19Cl2N3O3S2. The van der Waals surface area contributed by atoms with Crippen LogP contribution in [-0.4, -0.2) is 16.8 Å². The van der Waals surface area contributed by atoms with E-state index >= 15 is 0 Å². The molecule has 1 unspecified atom stereocenters. The van der Waals surface area contributed by atoms with Gasteiger partial charge in [0, 0.05) is 21.5 Å². The third-order valence-electron chi connectivity index (χ3n) is 5.40. The van der Waals surface area contributed by atoms with Gasteiger partial charge in [0.1, 0.15) is 5.25 Å². The van der Waals surface area contributed by atoms with E-state index in [0.717, 1.165) is 16.0 Å². The molecule has 6 nitrogen and oxygen atoms in total. The van der Waals surface area contributed by atoms with Crippen LogP contribution in [0.4, 0.5) is 10.8 Å². The number of furan rings is 1. The highest BCUT2D eigenvalue weighted by Crippen LogP contribution is 2.37. The van der Waals surface area contributed by atoms with Crippen LogP contribution in [0, 0.1) is 0 Å². The fraction of sp³-hybridized carbons (Fsp3) is 0.0357. The molecule has 2 N–H and O–H groups in total. The molecule has 2 heterocycles. The molecule has 1 atom stereocenters. The van der Waals surface area contributed by atoms with E-state index in [1.807, 2.05) is 53.9 Å². The molecule has 0 saturated heterocycles. The van der Waals surface area contributed by atoms with Gasteiger partial charge in [-0.3, -0.25) is 9.59 Å². The molecule has 5 aromatic rings. The molecule has 0 aliphatic carbocycles. The summed E-state index contributed by atoms with van der Waals surface area (Å²) < 4.78 is 5.13. The van der Waals surface area contributed by atoms with Crippen LogP contribution in [-0.2, 0) is 4.79 Å². The van der Waals surface area contributed by atoms with Gasteiger partial charge in [-0.2, -0.15) is 0 Å². The molecule has 0 spiro atoms. The smallest absolute Gasteiger partial charge is 0.291 e. The molecule has 10 heteroatoms. The van der Waals surface area contributed by atoms with E-state index < -0.39 is 5.25 Å². The van der Waals surface area contributed by atoms with Crippen molar-refractivity contribution >= 4 is 68.9 Å². The molecule has 0 aliphatic rings. The maximum absolute atomic E-state index is 13.4. The van der Waals surface area contributed by atoms with Crippen molar-refractivity contribution in [2.75, 3.05) is 10.6 Å². The van der Waals surface area contributed by atoms with Gasteiger partial charge in [-0.05, 0) is 54.1 Å². The Labute approximate surface area is 237 Å². The number of rotatable bonds is 8. The molecule has 2 aromatic heterocycles. The molecule has 38 heavy (non-hydrogen) atoms. The predicted octanol–water partition coefficient (Wildman–Crippen LogP) is 8.43. The number of amides is 2. The summed E-state index contributed by atoms with van der Waals surface area (Å²) in [4.78, 5) is 31.1. The van der Waals surface area contributed by atoms with Gasteiger partial charge in [-0.25, -0.2) is 4.98 Å². The largest absolute Gasteiger partial charge is 0.459 e. The summed E-state index contributed by atoms with van der Waals surface area (Å²) >= 11 is 14.9. The Bertz CT molecular complexity index is 1560. The molecule has 0 fully saturated rings. The van der Waals surface area contributed by atoms with Gasteiger partial charge in [0.25, 0.3) is 5.91 Å². The predicted molar refractivity (Wildman–Crippen MR) is 154 cm³/mol. The number of hydrogen-bond donors (Lipinski definition) is 2. The van der Waals surface area contributed by atoms with Crippen molar-refractivity contribution in [3.63, 3.8) is 0 Å². The third kappa shape index (κ3) is 6.28. The molecule has 190 valence electrons. The first-order valence-electron chi connectivity index (χ1n) is 11.3.